The van der Waals surface area contributed by atoms with Crippen LogP contribution in [0.25, 0.3) is 5.69 Å². The van der Waals surface area contributed by atoms with E-state index >= 15 is 0 Å². The molecule has 1 aliphatic carbocycles. The van der Waals surface area contributed by atoms with Crippen molar-refractivity contribution < 1.29 is 13.2 Å². The normalized spacial score (nSPS) is 20.7. The first-order chi connectivity index (χ1) is 17.1. The largest absolute Gasteiger partial charge is 0.343 e. The lowest BCUT2D eigenvalue weighted by atomic mass is 10.1. The Kier molecular flexibility index (Phi) is 6.19. The summed E-state index contributed by atoms with van der Waals surface area (Å²) in [7, 11) is -3.87. The van der Waals surface area contributed by atoms with Gasteiger partial charge in [0.25, 0.3) is 0 Å². The number of amides is 1. The fourth-order valence-corrected chi connectivity index (χ4v) is 6.88. The molecule has 36 heavy (non-hydrogen) atoms. The summed E-state index contributed by atoms with van der Waals surface area (Å²) in [4.78, 5) is 19.2. The van der Waals surface area contributed by atoms with Gasteiger partial charge in [0.2, 0.25) is 5.91 Å². The van der Waals surface area contributed by atoms with Crippen LogP contribution < -0.4 is 10.2 Å². The molecule has 0 bridgehead atoms. The molecule has 2 atom stereocenters. The van der Waals surface area contributed by atoms with E-state index in [-0.39, 0.29) is 28.0 Å². The number of carbonyl (C=O) groups is 1. The average molecular weight is 545 g/mol. The number of carbonyl (C=O) groups excluding carboxylic acids is 1. The Hall–Kier alpha value is -3.13. The Morgan fingerprint density at radius 3 is 2.64 bits per heavy atom. The summed E-state index contributed by atoms with van der Waals surface area (Å²) in [5.41, 5.74) is 0.396. The first kappa shape index (κ1) is 24.6. The zero-order valence-corrected chi connectivity index (χ0v) is 21.6. The zero-order chi connectivity index (χ0) is 25.7. The molecule has 3 aromatic rings. The third-order valence-electron chi connectivity index (χ3n) is 6.54. The fourth-order valence-electron chi connectivity index (χ4n) is 4.49. The van der Waals surface area contributed by atoms with E-state index in [9.17, 15) is 18.5 Å². The van der Waals surface area contributed by atoms with Gasteiger partial charge in [0.1, 0.15) is 22.6 Å². The number of benzene rings is 1. The van der Waals surface area contributed by atoms with Crippen molar-refractivity contribution in [1.29, 1.82) is 5.26 Å². The fraction of sp³-hybridized carbons (Fsp3) is 0.333. The molecule has 1 aromatic carbocycles. The minimum Gasteiger partial charge on any atom is -0.343 e. The van der Waals surface area contributed by atoms with Crippen LogP contribution in [0.5, 0.6) is 0 Å². The molecule has 1 saturated carbocycles. The molecule has 2 fully saturated rings. The number of aryl methyl sites for hydroxylation is 1. The predicted octanol–water partition coefficient (Wildman–Crippen LogP) is 3.48. The zero-order valence-electron chi connectivity index (χ0n) is 19.2. The molecule has 9 nitrogen and oxygen atoms in total. The Morgan fingerprint density at radius 1 is 1.22 bits per heavy atom. The van der Waals surface area contributed by atoms with E-state index in [4.69, 9.17) is 23.2 Å². The summed E-state index contributed by atoms with van der Waals surface area (Å²) in [6.45, 7) is 1.84. The molecule has 3 heterocycles. The van der Waals surface area contributed by atoms with E-state index in [1.807, 2.05) is 0 Å². The Morgan fingerprint density at radius 2 is 1.97 bits per heavy atom. The molecule has 2 unspecified atom stereocenters. The Labute approximate surface area is 218 Å². The topological polar surface area (TPSA) is 121 Å². The molecule has 0 radical (unpaired) electrons. The molecule has 5 rings (SSSR count). The van der Waals surface area contributed by atoms with Gasteiger partial charge in [-0.05, 0) is 44.4 Å². The second kappa shape index (κ2) is 9.07. The molecule has 1 amide bonds. The number of pyridine rings is 1. The maximum atomic E-state index is 13.6. The number of nitriles is 1. The molecular weight excluding hydrogens is 523 g/mol. The molecule has 1 N–H and O–H groups in total. The van der Waals surface area contributed by atoms with Crippen LogP contribution in [-0.2, 0) is 14.6 Å². The lowest BCUT2D eigenvalue weighted by Crippen LogP contribution is -2.48. The van der Waals surface area contributed by atoms with Crippen LogP contribution in [0.2, 0.25) is 10.2 Å². The SMILES string of the molecule is Cc1cc(N2CC(S(=O)(=O)c3ccccc3Cl)CC2C(=O)NC2(C#N)CC2)n(-c2ccnc(Cl)c2)n1. The summed E-state index contributed by atoms with van der Waals surface area (Å²) in [6.07, 6.45) is 2.70. The molecule has 0 spiro atoms. The second-order valence-corrected chi connectivity index (χ2v) is 12.1. The number of rotatable bonds is 6. The highest BCUT2D eigenvalue weighted by Gasteiger charge is 2.50. The summed E-state index contributed by atoms with van der Waals surface area (Å²) >= 11 is 12.3. The molecule has 2 aliphatic rings. The van der Waals surface area contributed by atoms with Gasteiger partial charge in [0.15, 0.2) is 9.84 Å². The van der Waals surface area contributed by atoms with Gasteiger partial charge >= 0.3 is 0 Å². The van der Waals surface area contributed by atoms with Crippen molar-refractivity contribution in [3.63, 3.8) is 0 Å². The third-order valence-corrected chi connectivity index (χ3v) is 9.37. The van der Waals surface area contributed by atoms with Crippen molar-refractivity contribution in [2.45, 2.75) is 47.9 Å². The number of hydrogen-bond acceptors (Lipinski definition) is 7. The van der Waals surface area contributed by atoms with Gasteiger partial charge in [-0.2, -0.15) is 10.4 Å². The summed E-state index contributed by atoms with van der Waals surface area (Å²) in [5, 5.41) is 16.4. The number of hydrogen-bond donors (Lipinski definition) is 1. The second-order valence-electron chi connectivity index (χ2n) is 9.08. The van der Waals surface area contributed by atoms with E-state index in [2.05, 4.69) is 21.5 Å². The van der Waals surface area contributed by atoms with Gasteiger partial charge in [-0.3, -0.25) is 4.79 Å². The number of anilines is 1. The van der Waals surface area contributed by atoms with Gasteiger partial charge in [0.05, 0.1) is 32.6 Å². The average Bonchev–Trinajstić information content (AvgIpc) is 3.28. The predicted molar refractivity (Wildman–Crippen MR) is 135 cm³/mol. The third kappa shape index (κ3) is 4.43. The van der Waals surface area contributed by atoms with Crippen molar-refractivity contribution in [2.75, 3.05) is 11.4 Å². The summed E-state index contributed by atoms with van der Waals surface area (Å²) < 4.78 is 28.8. The van der Waals surface area contributed by atoms with Crippen molar-refractivity contribution in [3.05, 3.63) is 64.5 Å². The quantitative estimate of drug-likeness (QED) is 0.471. The van der Waals surface area contributed by atoms with Crippen molar-refractivity contribution in [1.82, 2.24) is 20.1 Å². The first-order valence-electron chi connectivity index (χ1n) is 11.3. The number of halogens is 2. The minimum atomic E-state index is -3.87. The molecule has 1 saturated heterocycles. The highest BCUT2D eigenvalue weighted by Crippen LogP contribution is 2.38. The highest BCUT2D eigenvalue weighted by atomic mass is 35.5. The monoisotopic (exact) mass is 544 g/mol. The van der Waals surface area contributed by atoms with E-state index in [0.29, 0.717) is 30.0 Å². The van der Waals surface area contributed by atoms with Crippen molar-refractivity contribution in [2.24, 2.45) is 0 Å². The number of sulfone groups is 1. The number of nitrogens with one attached hydrogen (secondary N) is 1. The van der Waals surface area contributed by atoms with Crippen LogP contribution in [0.3, 0.4) is 0 Å². The van der Waals surface area contributed by atoms with Gasteiger partial charge < -0.3 is 10.2 Å². The van der Waals surface area contributed by atoms with Gasteiger partial charge in [-0.15, -0.1) is 0 Å². The van der Waals surface area contributed by atoms with Gasteiger partial charge in [0, 0.05) is 24.9 Å². The summed E-state index contributed by atoms with van der Waals surface area (Å²) in [6, 6.07) is 12.7. The lowest BCUT2D eigenvalue weighted by Gasteiger charge is -2.27. The molecule has 12 heteroatoms. The maximum absolute atomic E-state index is 13.6. The maximum Gasteiger partial charge on any atom is 0.244 e. The molecule has 2 aromatic heterocycles. The molecular formula is C24H22Cl2N6O3S. The standard InChI is InChI=1S/C24H22Cl2N6O3S/c1-15-10-22(32(30-15)16-6-9-28-21(26)11-16)31-13-17(36(34,35)20-5-3-2-4-18(20)25)12-19(31)23(33)29-24(14-27)7-8-24/h2-6,9-11,17,19H,7-8,12-13H2,1H3,(H,29,33). The molecule has 186 valence electrons. The van der Waals surface area contributed by atoms with Crippen LogP contribution in [0.15, 0.2) is 53.6 Å². The highest BCUT2D eigenvalue weighted by molar-refractivity contribution is 7.92. The van der Waals surface area contributed by atoms with E-state index in [1.54, 1.807) is 53.0 Å². The van der Waals surface area contributed by atoms with Crippen LogP contribution in [0.4, 0.5) is 5.82 Å². The van der Waals surface area contributed by atoms with Crippen molar-refractivity contribution in [3.8, 4) is 11.8 Å². The minimum absolute atomic E-state index is 0.0268. The van der Waals surface area contributed by atoms with Crippen molar-refractivity contribution >= 4 is 44.8 Å². The van der Waals surface area contributed by atoms with Gasteiger partial charge in [-0.25, -0.2) is 18.1 Å². The van der Waals surface area contributed by atoms with E-state index in [0.717, 1.165) is 0 Å². The summed E-state index contributed by atoms with van der Waals surface area (Å²) in [5.74, 6) is 0.137. The lowest BCUT2D eigenvalue weighted by molar-refractivity contribution is -0.122. The number of aromatic nitrogens is 3. The number of nitrogens with zero attached hydrogens (tertiary/aromatic N) is 5. The van der Waals surface area contributed by atoms with Crippen LogP contribution in [0, 0.1) is 18.3 Å². The van der Waals surface area contributed by atoms with Crippen LogP contribution >= 0.6 is 23.2 Å². The van der Waals surface area contributed by atoms with E-state index in [1.165, 1.54) is 12.1 Å². The smallest absolute Gasteiger partial charge is 0.244 e. The Bertz CT molecular complexity index is 1500. The first-order valence-corrected chi connectivity index (χ1v) is 13.6. The van der Waals surface area contributed by atoms with E-state index < -0.39 is 32.6 Å². The van der Waals surface area contributed by atoms with Crippen LogP contribution in [-0.4, -0.2) is 52.5 Å². The Balaban J connectivity index is 1.56. The molecule has 1 aliphatic heterocycles. The van der Waals surface area contributed by atoms with Gasteiger partial charge in [-0.1, -0.05) is 35.3 Å². The van der Waals surface area contributed by atoms with Crippen LogP contribution in [0.1, 0.15) is 25.0 Å².